The van der Waals surface area contributed by atoms with Crippen LogP contribution in [0.5, 0.6) is 0 Å². The summed E-state index contributed by atoms with van der Waals surface area (Å²) < 4.78 is 12.8. The van der Waals surface area contributed by atoms with E-state index in [4.69, 9.17) is 0 Å². The molecule has 0 aliphatic heterocycles. The smallest absolute Gasteiger partial charge is 0.295 e. The number of para-hydroxylation sites is 1. The first-order valence-electron chi connectivity index (χ1n) is 3.27. The van der Waals surface area contributed by atoms with Crippen molar-refractivity contribution in [3.8, 4) is 0 Å². The Bertz CT molecular complexity index is 314. The number of hydrogen-bond acceptors (Lipinski definition) is 3. The van der Waals surface area contributed by atoms with Gasteiger partial charge in [-0.25, -0.2) is 4.39 Å². The lowest BCUT2D eigenvalue weighted by molar-refractivity contribution is -0.384. The molecule has 0 saturated carbocycles. The molecule has 0 aromatic heterocycles. The van der Waals surface area contributed by atoms with Crippen LogP contribution >= 0.6 is 0 Å². The Morgan fingerprint density at radius 2 is 2.25 bits per heavy atom. The van der Waals surface area contributed by atoms with Crippen LogP contribution in [0, 0.1) is 15.9 Å². The summed E-state index contributed by atoms with van der Waals surface area (Å²) >= 11 is 0. The highest BCUT2D eigenvalue weighted by Crippen LogP contribution is 2.25. The topological polar surface area (TPSA) is 55.2 Å². The summed E-state index contributed by atoms with van der Waals surface area (Å²) in [7, 11) is 1.44. The van der Waals surface area contributed by atoms with Gasteiger partial charge in [0.15, 0.2) is 5.82 Å². The monoisotopic (exact) mass is 170 g/mol. The molecule has 0 atom stereocenters. The highest BCUT2D eigenvalue weighted by atomic mass is 19.1. The van der Waals surface area contributed by atoms with Gasteiger partial charge in [-0.3, -0.25) is 10.1 Å². The third-order valence-electron chi connectivity index (χ3n) is 1.44. The minimum Gasteiger partial charge on any atom is -0.380 e. The van der Waals surface area contributed by atoms with E-state index in [0.29, 0.717) is 0 Å². The van der Waals surface area contributed by atoms with Crippen LogP contribution in [0.15, 0.2) is 18.2 Å². The largest absolute Gasteiger partial charge is 0.380 e. The number of hydrogen-bond donors (Lipinski definition) is 1. The SMILES string of the molecule is CNc1c(F)cccc1[N+](=O)[O-]. The lowest BCUT2D eigenvalue weighted by atomic mass is 10.2. The maximum atomic E-state index is 12.8. The van der Waals surface area contributed by atoms with Crippen molar-refractivity contribution in [2.24, 2.45) is 0 Å². The Morgan fingerprint density at radius 3 is 2.67 bits per heavy atom. The molecular weight excluding hydrogens is 163 g/mol. The van der Waals surface area contributed by atoms with Crippen molar-refractivity contribution in [1.29, 1.82) is 0 Å². The van der Waals surface area contributed by atoms with E-state index in [1.165, 1.54) is 25.2 Å². The number of benzene rings is 1. The van der Waals surface area contributed by atoms with Crippen molar-refractivity contribution >= 4 is 11.4 Å². The first-order valence-corrected chi connectivity index (χ1v) is 3.27. The van der Waals surface area contributed by atoms with Gasteiger partial charge in [0.2, 0.25) is 0 Å². The van der Waals surface area contributed by atoms with Gasteiger partial charge < -0.3 is 5.32 Å². The molecule has 12 heavy (non-hydrogen) atoms. The molecule has 0 unspecified atom stereocenters. The molecule has 64 valence electrons. The second kappa shape index (κ2) is 3.17. The van der Waals surface area contributed by atoms with E-state index in [1.807, 2.05) is 0 Å². The van der Waals surface area contributed by atoms with Crippen molar-refractivity contribution in [1.82, 2.24) is 0 Å². The van der Waals surface area contributed by atoms with E-state index < -0.39 is 10.7 Å². The number of rotatable bonds is 2. The second-order valence-electron chi connectivity index (χ2n) is 2.14. The minimum absolute atomic E-state index is 0.0810. The average molecular weight is 170 g/mol. The van der Waals surface area contributed by atoms with Gasteiger partial charge in [-0.2, -0.15) is 0 Å². The Hall–Kier alpha value is -1.65. The molecule has 0 fully saturated rings. The molecule has 0 spiro atoms. The number of anilines is 1. The molecule has 4 nitrogen and oxygen atoms in total. The molecule has 1 aromatic carbocycles. The van der Waals surface area contributed by atoms with E-state index in [-0.39, 0.29) is 11.4 Å². The lowest BCUT2D eigenvalue weighted by Crippen LogP contribution is -1.98. The predicted octanol–water partition coefficient (Wildman–Crippen LogP) is 1.78. The fourth-order valence-corrected chi connectivity index (χ4v) is 0.912. The van der Waals surface area contributed by atoms with Crippen molar-refractivity contribution in [3.63, 3.8) is 0 Å². The summed E-state index contributed by atoms with van der Waals surface area (Å²) in [5.41, 5.74) is -0.333. The van der Waals surface area contributed by atoms with Crippen molar-refractivity contribution < 1.29 is 9.31 Å². The van der Waals surface area contributed by atoms with Gasteiger partial charge in [-0.05, 0) is 6.07 Å². The second-order valence-corrected chi connectivity index (χ2v) is 2.14. The number of nitro benzene ring substituents is 1. The first-order chi connectivity index (χ1) is 5.66. The fourth-order valence-electron chi connectivity index (χ4n) is 0.912. The molecule has 0 saturated heterocycles. The summed E-state index contributed by atoms with van der Waals surface area (Å²) in [4.78, 5) is 9.70. The summed E-state index contributed by atoms with van der Waals surface area (Å²) in [5.74, 6) is -0.619. The van der Waals surface area contributed by atoms with Gasteiger partial charge in [0.25, 0.3) is 5.69 Å². The molecule has 0 radical (unpaired) electrons. The zero-order valence-electron chi connectivity index (χ0n) is 6.37. The Labute approximate surface area is 68.2 Å². The zero-order valence-corrected chi connectivity index (χ0v) is 6.37. The van der Waals surface area contributed by atoms with Crippen LogP contribution in [0.3, 0.4) is 0 Å². The standard InChI is InChI=1S/C7H7FN2O2/c1-9-7-5(8)3-2-4-6(7)10(11)12/h2-4,9H,1H3. The quantitative estimate of drug-likeness (QED) is 0.543. The third-order valence-corrected chi connectivity index (χ3v) is 1.44. The predicted molar refractivity (Wildman–Crippen MR) is 42.6 cm³/mol. The molecule has 0 aliphatic rings. The molecule has 1 N–H and O–H groups in total. The van der Waals surface area contributed by atoms with Gasteiger partial charge in [-0.1, -0.05) is 6.07 Å². The maximum Gasteiger partial charge on any atom is 0.295 e. The van der Waals surface area contributed by atoms with Gasteiger partial charge in [0.05, 0.1) is 4.92 Å². The molecule has 0 aliphatic carbocycles. The van der Waals surface area contributed by atoms with Crippen LogP contribution in [0.2, 0.25) is 0 Å². The molecule has 0 amide bonds. The van der Waals surface area contributed by atoms with Crippen LogP contribution in [0.25, 0.3) is 0 Å². The Kier molecular flexibility index (Phi) is 2.23. The molecular formula is C7H7FN2O2. The van der Waals surface area contributed by atoms with Crippen LogP contribution < -0.4 is 5.32 Å². The summed E-state index contributed by atoms with van der Waals surface area (Å²) in [6, 6.07) is 3.71. The fraction of sp³-hybridized carbons (Fsp3) is 0.143. The van der Waals surface area contributed by atoms with Crippen LogP contribution in [0.4, 0.5) is 15.8 Å². The molecule has 1 aromatic rings. The summed E-state index contributed by atoms with van der Waals surface area (Å²) in [6.07, 6.45) is 0. The molecule has 1 rings (SSSR count). The number of halogens is 1. The van der Waals surface area contributed by atoms with E-state index in [1.54, 1.807) is 0 Å². The maximum absolute atomic E-state index is 12.8. The van der Waals surface area contributed by atoms with Gasteiger partial charge in [0, 0.05) is 13.1 Å². The normalized spacial score (nSPS) is 9.50. The third kappa shape index (κ3) is 1.34. The molecule has 5 heteroatoms. The number of nitro groups is 1. The van der Waals surface area contributed by atoms with Gasteiger partial charge >= 0.3 is 0 Å². The van der Waals surface area contributed by atoms with Crippen molar-refractivity contribution in [3.05, 3.63) is 34.1 Å². The number of nitrogens with zero attached hydrogens (tertiary/aromatic N) is 1. The first kappa shape index (κ1) is 8.45. The number of nitrogens with one attached hydrogen (secondary N) is 1. The van der Waals surface area contributed by atoms with Gasteiger partial charge in [-0.15, -0.1) is 0 Å². The van der Waals surface area contributed by atoms with E-state index in [0.717, 1.165) is 0 Å². The van der Waals surface area contributed by atoms with E-state index in [9.17, 15) is 14.5 Å². The Morgan fingerprint density at radius 1 is 1.58 bits per heavy atom. The van der Waals surface area contributed by atoms with E-state index >= 15 is 0 Å². The van der Waals surface area contributed by atoms with Crippen LogP contribution in [-0.2, 0) is 0 Å². The highest BCUT2D eigenvalue weighted by molar-refractivity contribution is 5.61. The van der Waals surface area contributed by atoms with Crippen molar-refractivity contribution in [2.45, 2.75) is 0 Å². The summed E-state index contributed by atoms with van der Waals surface area (Å²) in [6.45, 7) is 0. The van der Waals surface area contributed by atoms with Crippen LogP contribution in [0.1, 0.15) is 0 Å². The van der Waals surface area contributed by atoms with Gasteiger partial charge in [0.1, 0.15) is 5.69 Å². The van der Waals surface area contributed by atoms with Crippen LogP contribution in [-0.4, -0.2) is 12.0 Å². The molecule has 0 heterocycles. The summed E-state index contributed by atoms with van der Waals surface area (Å²) in [5, 5.41) is 12.8. The van der Waals surface area contributed by atoms with Crippen molar-refractivity contribution in [2.75, 3.05) is 12.4 Å². The zero-order chi connectivity index (χ0) is 9.14. The Balaban J connectivity index is 3.27. The average Bonchev–Trinajstić information content (AvgIpc) is 2.03. The highest BCUT2D eigenvalue weighted by Gasteiger charge is 2.15. The van der Waals surface area contributed by atoms with E-state index in [2.05, 4.69) is 5.32 Å². The lowest BCUT2D eigenvalue weighted by Gasteiger charge is -2.01. The molecule has 0 bridgehead atoms. The minimum atomic E-state index is -0.630.